The van der Waals surface area contributed by atoms with Crippen molar-refractivity contribution in [2.24, 2.45) is 11.8 Å². The van der Waals surface area contributed by atoms with Gasteiger partial charge in [-0.05, 0) is 58.6 Å². The zero-order valence-corrected chi connectivity index (χ0v) is 11.9. The number of hydrogen-bond acceptors (Lipinski definition) is 3. The summed E-state index contributed by atoms with van der Waals surface area (Å²) in [6.45, 7) is 7.54. The summed E-state index contributed by atoms with van der Waals surface area (Å²) in [6, 6.07) is 4.48. The van der Waals surface area contributed by atoms with Gasteiger partial charge in [-0.2, -0.15) is 0 Å². The highest BCUT2D eigenvalue weighted by molar-refractivity contribution is 5.11. The Morgan fingerprint density at radius 1 is 1.29 bits per heavy atom. The standard InChI is InChI=1S/C14H26N2O/c1-10(2)12(9-15-4)14(16(5)6)13-8-7-11(3)17-13/h7-8,10,12,14-15H,9H2,1-6H3. The third-order valence-corrected chi connectivity index (χ3v) is 3.31. The molecule has 1 aromatic heterocycles. The second kappa shape index (κ2) is 6.22. The van der Waals surface area contributed by atoms with Crippen LogP contribution in [0.1, 0.15) is 31.4 Å². The van der Waals surface area contributed by atoms with Crippen LogP contribution in [0.15, 0.2) is 16.5 Å². The Labute approximate surface area is 105 Å². The van der Waals surface area contributed by atoms with Crippen molar-refractivity contribution < 1.29 is 4.42 Å². The lowest BCUT2D eigenvalue weighted by Gasteiger charge is -2.33. The highest BCUT2D eigenvalue weighted by Gasteiger charge is 2.29. The molecule has 0 aliphatic heterocycles. The monoisotopic (exact) mass is 238 g/mol. The average molecular weight is 238 g/mol. The number of hydrogen-bond donors (Lipinski definition) is 1. The fraction of sp³-hybridized carbons (Fsp3) is 0.714. The normalized spacial score (nSPS) is 15.5. The van der Waals surface area contributed by atoms with Crippen molar-refractivity contribution in [2.75, 3.05) is 27.7 Å². The average Bonchev–Trinajstić information content (AvgIpc) is 2.63. The van der Waals surface area contributed by atoms with E-state index >= 15 is 0 Å². The van der Waals surface area contributed by atoms with Crippen molar-refractivity contribution in [3.63, 3.8) is 0 Å². The van der Waals surface area contributed by atoms with Crippen LogP contribution < -0.4 is 5.32 Å². The van der Waals surface area contributed by atoms with Gasteiger partial charge >= 0.3 is 0 Å². The molecule has 3 nitrogen and oxygen atoms in total. The summed E-state index contributed by atoms with van der Waals surface area (Å²) in [5.41, 5.74) is 0. The third kappa shape index (κ3) is 3.58. The maximum absolute atomic E-state index is 5.81. The van der Waals surface area contributed by atoms with E-state index in [0.717, 1.165) is 18.1 Å². The van der Waals surface area contributed by atoms with E-state index in [-0.39, 0.29) is 0 Å². The Bertz CT molecular complexity index is 331. The summed E-state index contributed by atoms with van der Waals surface area (Å²) < 4.78 is 5.81. The van der Waals surface area contributed by atoms with E-state index in [0.29, 0.717) is 17.9 Å². The molecule has 2 unspecified atom stereocenters. The predicted molar refractivity (Wildman–Crippen MR) is 72.1 cm³/mol. The van der Waals surface area contributed by atoms with Gasteiger partial charge in [-0.3, -0.25) is 4.90 Å². The van der Waals surface area contributed by atoms with Crippen molar-refractivity contribution in [1.82, 2.24) is 10.2 Å². The molecule has 0 saturated heterocycles. The van der Waals surface area contributed by atoms with E-state index in [1.54, 1.807) is 0 Å². The van der Waals surface area contributed by atoms with Crippen LogP contribution in [0, 0.1) is 18.8 Å². The van der Waals surface area contributed by atoms with Crippen LogP contribution >= 0.6 is 0 Å². The van der Waals surface area contributed by atoms with Gasteiger partial charge in [0.1, 0.15) is 11.5 Å². The second-order valence-corrected chi connectivity index (χ2v) is 5.32. The molecule has 0 aliphatic carbocycles. The molecular weight excluding hydrogens is 212 g/mol. The van der Waals surface area contributed by atoms with E-state index in [2.05, 4.69) is 44.2 Å². The molecule has 1 aromatic rings. The molecule has 2 atom stereocenters. The Hall–Kier alpha value is -0.800. The largest absolute Gasteiger partial charge is 0.465 e. The SMILES string of the molecule is CNCC(C(C)C)C(c1ccc(C)o1)N(C)C. The summed E-state index contributed by atoms with van der Waals surface area (Å²) in [6.07, 6.45) is 0. The van der Waals surface area contributed by atoms with E-state index in [9.17, 15) is 0 Å². The summed E-state index contributed by atoms with van der Waals surface area (Å²) in [7, 11) is 6.25. The molecule has 0 radical (unpaired) electrons. The fourth-order valence-corrected chi connectivity index (χ4v) is 2.41. The van der Waals surface area contributed by atoms with Gasteiger partial charge in [0.25, 0.3) is 0 Å². The zero-order chi connectivity index (χ0) is 13.0. The van der Waals surface area contributed by atoms with Crippen molar-refractivity contribution in [2.45, 2.75) is 26.8 Å². The molecule has 17 heavy (non-hydrogen) atoms. The highest BCUT2D eigenvalue weighted by atomic mass is 16.3. The van der Waals surface area contributed by atoms with Gasteiger partial charge in [-0.15, -0.1) is 0 Å². The molecule has 0 aliphatic rings. The summed E-state index contributed by atoms with van der Waals surface area (Å²) in [4.78, 5) is 2.25. The molecule has 0 spiro atoms. The maximum Gasteiger partial charge on any atom is 0.121 e. The van der Waals surface area contributed by atoms with Crippen LogP contribution in [0.5, 0.6) is 0 Å². The number of furan rings is 1. The zero-order valence-electron chi connectivity index (χ0n) is 11.9. The molecular formula is C14H26N2O. The van der Waals surface area contributed by atoms with Crippen molar-refractivity contribution >= 4 is 0 Å². The first-order valence-corrected chi connectivity index (χ1v) is 6.34. The van der Waals surface area contributed by atoms with Crippen LogP contribution in [0.2, 0.25) is 0 Å². The van der Waals surface area contributed by atoms with Gasteiger partial charge in [0.2, 0.25) is 0 Å². The molecule has 1 rings (SSSR count). The molecule has 0 aromatic carbocycles. The molecule has 0 amide bonds. The number of nitrogens with zero attached hydrogens (tertiary/aromatic N) is 1. The summed E-state index contributed by atoms with van der Waals surface area (Å²) >= 11 is 0. The molecule has 0 fully saturated rings. The lowest BCUT2D eigenvalue weighted by Crippen LogP contribution is -2.36. The Morgan fingerprint density at radius 3 is 2.29 bits per heavy atom. The number of aryl methyl sites for hydroxylation is 1. The first-order chi connectivity index (χ1) is 7.97. The lowest BCUT2D eigenvalue weighted by molar-refractivity contribution is 0.145. The quantitative estimate of drug-likeness (QED) is 0.826. The van der Waals surface area contributed by atoms with Crippen molar-refractivity contribution in [3.05, 3.63) is 23.7 Å². The molecule has 0 bridgehead atoms. The first-order valence-electron chi connectivity index (χ1n) is 6.34. The lowest BCUT2D eigenvalue weighted by atomic mass is 9.86. The minimum absolute atomic E-state index is 0.330. The minimum Gasteiger partial charge on any atom is -0.465 e. The smallest absolute Gasteiger partial charge is 0.121 e. The van der Waals surface area contributed by atoms with Crippen LogP contribution in [0.25, 0.3) is 0 Å². The Balaban J connectivity index is 2.98. The Kier molecular flexibility index (Phi) is 5.22. The summed E-state index contributed by atoms with van der Waals surface area (Å²) in [5, 5.41) is 3.29. The Morgan fingerprint density at radius 2 is 1.94 bits per heavy atom. The molecule has 0 saturated carbocycles. The fourth-order valence-electron chi connectivity index (χ4n) is 2.41. The van der Waals surface area contributed by atoms with Crippen LogP contribution in [0.3, 0.4) is 0 Å². The summed E-state index contributed by atoms with van der Waals surface area (Å²) in [5.74, 6) is 3.21. The highest BCUT2D eigenvalue weighted by Crippen LogP contribution is 2.32. The van der Waals surface area contributed by atoms with E-state index < -0.39 is 0 Å². The van der Waals surface area contributed by atoms with E-state index in [1.807, 2.05) is 20.0 Å². The van der Waals surface area contributed by atoms with Crippen LogP contribution in [0.4, 0.5) is 0 Å². The topological polar surface area (TPSA) is 28.4 Å². The molecule has 1 heterocycles. The van der Waals surface area contributed by atoms with E-state index in [4.69, 9.17) is 4.42 Å². The number of rotatable bonds is 6. The molecule has 98 valence electrons. The molecule has 1 N–H and O–H groups in total. The van der Waals surface area contributed by atoms with Gasteiger partial charge in [-0.1, -0.05) is 13.8 Å². The van der Waals surface area contributed by atoms with Crippen molar-refractivity contribution in [1.29, 1.82) is 0 Å². The van der Waals surface area contributed by atoms with Gasteiger partial charge in [0.05, 0.1) is 6.04 Å². The van der Waals surface area contributed by atoms with Crippen LogP contribution in [-0.4, -0.2) is 32.6 Å². The third-order valence-electron chi connectivity index (χ3n) is 3.31. The second-order valence-electron chi connectivity index (χ2n) is 5.32. The minimum atomic E-state index is 0.330. The molecule has 3 heteroatoms. The first kappa shape index (κ1) is 14.3. The van der Waals surface area contributed by atoms with Gasteiger partial charge in [0, 0.05) is 0 Å². The van der Waals surface area contributed by atoms with Crippen molar-refractivity contribution in [3.8, 4) is 0 Å². The van der Waals surface area contributed by atoms with E-state index in [1.165, 1.54) is 0 Å². The number of nitrogens with one attached hydrogen (secondary N) is 1. The predicted octanol–water partition coefficient (Wildman–Crippen LogP) is 2.68. The van der Waals surface area contributed by atoms with Crippen LogP contribution in [-0.2, 0) is 0 Å². The van der Waals surface area contributed by atoms with Gasteiger partial charge in [0.15, 0.2) is 0 Å². The van der Waals surface area contributed by atoms with Gasteiger partial charge in [-0.25, -0.2) is 0 Å². The van der Waals surface area contributed by atoms with Gasteiger partial charge < -0.3 is 9.73 Å². The maximum atomic E-state index is 5.81.